The van der Waals surface area contributed by atoms with E-state index >= 15 is 0 Å². The second kappa shape index (κ2) is 16.6. The van der Waals surface area contributed by atoms with Crippen LogP contribution in [0.1, 0.15) is 97.3 Å². The summed E-state index contributed by atoms with van der Waals surface area (Å²) in [6.07, 6.45) is 20.6. The van der Waals surface area contributed by atoms with Crippen LogP contribution >= 0.6 is 0 Å². The van der Waals surface area contributed by atoms with Gasteiger partial charge in [0.15, 0.2) is 0 Å². The van der Waals surface area contributed by atoms with E-state index in [-0.39, 0.29) is 5.97 Å². The first-order chi connectivity index (χ1) is 10.7. The highest BCUT2D eigenvalue weighted by molar-refractivity contribution is 5.68. The van der Waals surface area contributed by atoms with Crippen LogP contribution in [0.4, 0.5) is 0 Å². The number of carbonyl (C=O) groups excluding carboxylic acids is 1. The molecule has 0 atom stereocenters. The van der Waals surface area contributed by atoms with E-state index in [2.05, 4.69) is 30.7 Å². The molecule has 2 heteroatoms. The molecular formula is C20H38O2. The Morgan fingerprint density at radius 1 is 0.818 bits per heavy atom. The lowest BCUT2D eigenvalue weighted by Crippen LogP contribution is -1.98. The predicted molar refractivity (Wildman–Crippen MR) is 96.0 cm³/mol. The van der Waals surface area contributed by atoms with Gasteiger partial charge in [-0.05, 0) is 38.0 Å². The molecule has 0 saturated carbocycles. The minimum absolute atomic E-state index is 0.0836. The summed E-state index contributed by atoms with van der Waals surface area (Å²) in [7, 11) is 1.46. The van der Waals surface area contributed by atoms with E-state index < -0.39 is 0 Å². The summed E-state index contributed by atoms with van der Waals surface area (Å²) in [5.41, 5.74) is 0. The van der Waals surface area contributed by atoms with Crippen LogP contribution in [0.15, 0.2) is 12.2 Å². The summed E-state index contributed by atoms with van der Waals surface area (Å²) in [6, 6.07) is 0. The summed E-state index contributed by atoms with van der Waals surface area (Å²) in [5.74, 6) is 0.783. The topological polar surface area (TPSA) is 26.3 Å². The summed E-state index contributed by atoms with van der Waals surface area (Å²) in [6.45, 7) is 4.62. The van der Waals surface area contributed by atoms with Crippen LogP contribution in [0.3, 0.4) is 0 Å². The van der Waals surface area contributed by atoms with Crippen molar-refractivity contribution in [1.82, 2.24) is 0 Å². The van der Waals surface area contributed by atoms with Crippen molar-refractivity contribution >= 4 is 5.97 Å². The Morgan fingerprint density at radius 2 is 1.32 bits per heavy atom. The van der Waals surface area contributed by atoms with Crippen molar-refractivity contribution in [1.29, 1.82) is 0 Å². The number of unbranched alkanes of at least 4 members (excludes halogenated alkanes) is 9. The minimum atomic E-state index is -0.0836. The number of rotatable bonds is 15. The maximum atomic E-state index is 10.9. The highest BCUT2D eigenvalue weighted by Crippen LogP contribution is 2.12. The fourth-order valence-corrected chi connectivity index (χ4v) is 2.57. The quantitative estimate of drug-likeness (QED) is 0.197. The van der Waals surface area contributed by atoms with Crippen molar-refractivity contribution in [2.75, 3.05) is 7.11 Å². The first-order valence-corrected chi connectivity index (χ1v) is 9.38. The third-order valence-corrected chi connectivity index (χ3v) is 4.05. The average Bonchev–Trinajstić information content (AvgIpc) is 2.50. The summed E-state index contributed by atoms with van der Waals surface area (Å²) >= 11 is 0. The van der Waals surface area contributed by atoms with Gasteiger partial charge in [0.2, 0.25) is 0 Å². The average molecular weight is 311 g/mol. The van der Waals surface area contributed by atoms with Crippen molar-refractivity contribution in [3.05, 3.63) is 12.2 Å². The van der Waals surface area contributed by atoms with Crippen LogP contribution in [0.25, 0.3) is 0 Å². The monoisotopic (exact) mass is 310 g/mol. The van der Waals surface area contributed by atoms with Crippen molar-refractivity contribution in [2.24, 2.45) is 5.92 Å². The number of allylic oxidation sites excluding steroid dienone is 2. The van der Waals surface area contributed by atoms with E-state index in [0.29, 0.717) is 6.42 Å². The van der Waals surface area contributed by atoms with Gasteiger partial charge in [-0.15, -0.1) is 0 Å². The van der Waals surface area contributed by atoms with E-state index in [4.69, 9.17) is 0 Å². The van der Waals surface area contributed by atoms with Gasteiger partial charge in [-0.3, -0.25) is 4.79 Å². The third kappa shape index (κ3) is 17.3. The molecule has 0 aliphatic heterocycles. The second-order valence-electron chi connectivity index (χ2n) is 6.74. The second-order valence-corrected chi connectivity index (χ2v) is 6.74. The van der Waals surface area contributed by atoms with Gasteiger partial charge >= 0.3 is 5.97 Å². The summed E-state index contributed by atoms with van der Waals surface area (Å²) < 4.78 is 4.62. The lowest BCUT2D eigenvalue weighted by molar-refractivity contribution is -0.140. The fraction of sp³-hybridized carbons (Fsp3) is 0.850. The van der Waals surface area contributed by atoms with Gasteiger partial charge in [-0.25, -0.2) is 0 Å². The molecule has 0 heterocycles. The van der Waals surface area contributed by atoms with Gasteiger partial charge in [0.25, 0.3) is 0 Å². The maximum Gasteiger partial charge on any atom is 0.305 e. The lowest BCUT2D eigenvalue weighted by Gasteiger charge is -2.03. The van der Waals surface area contributed by atoms with Crippen LogP contribution in [-0.2, 0) is 9.53 Å². The zero-order valence-corrected chi connectivity index (χ0v) is 15.2. The molecule has 0 aromatic carbocycles. The predicted octanol–water partition coefficient (Wildman–Crippen LogP) is 6.44. The normalized spacial score (nSPS) is 11.5. The van der Waals surface area contributed by atoms with Crippen molar-refractivity contribution in [3.63, 3.8) is 0 Å². The highest BCUT2D eigenvalue weighted by Gasteiger charge is 1.98. The molecule has 130 valence electrons. The Labute approximate surface area is 138 Å². The van der Waals surface area contributed by atoms with Crippen LogP contribution in [-0.4, -0.2) is 13.1 Å². The Morgan fingerprint density at radius 3 is 1.86 bits per heavy atom. The molecule has 0 aliphatic carbocycles. The molecule has 0 amide bonds. The number of esters is 1. The molecule has 0 unspecified atom stereocenters. The Hall–Kier alpha value is -0.790. The number of hydrogen-bond acceptors (Lipinski definition) is 2. The molecule has 2 nitrogen and oxygen atoms in total. The zero-order valence-electron chi connectivity index (χ0n) is 15.2. The molecule has 22 heavy (non-hydrogen) atoms. The Balaban J connectivity index is 3.13. The molecule has 0 spiro atoms. The number of ether oxygens (including phenoxy) is 1. The molecule has 0 aromatic rings. The molecular weight excluding hydrogens is 272 g/mol. The van der Waals surface area contributed by atoms with E-state index in [1.807, 2.05) is 0 Å². The first-order valence-electron chi connectivity index (χ1n) is 9.38. The van der Waals surface area contributed by atoms with Crippen LogP contribution < -0.4 is 0 Å². The molecule has 0 bridgehead atoms. The molecule has 0 N–H and O–H groups in total. The van der Waals surface area contributed by atoms with Crippen LogP contribution in [0.2, 0.25) is 0 Å². The molecule has 0 fully saturated rings. The maximum absolute atomic E-state index is 10.9. The van der Waals surface area contributed by atoms with Crippen LogP contribution in [0.5, 0.6) is 0 Å². The smallest absolute Gasteiger partial charge is 0.305 e. The Bertz CT molecular complexity index is 269. The van der Waals surface area contributed by atoms with Gasteiger partial charge in [-0.2, -0.15) is 0 Å². The standard InChI is InChI=1S/C20H38O2/c1-19(2)17-15-13-11-9-7-5-4-6-8-10-12-14-16-18-20(21)22-3/h6,8,19H,4-5,7,9-18H2,1-3H3/b8-6-. The Kier molecular flexibility index (Phi) is 16.0. The first kappa shape index (κ1) is 21.2. The third-order valence-electron chi connectivity index (χ3n) is 4.05. The highest BCUT2D eigenvalue weighted by atomic mass is 16.5. The molecule has 0 aromatic heterocycles. The number of methoxy groups -OCH3 is 1. The fourth-order valence-electron chi connectivity index (χ4n) is 2.57. The molecule has 0 rings (SSSR count). The van der Waals surface area contributed by atoms with E-state index in [1.54, 1.807) is 0 Å². The SMILES string of the molecule is COC(=O)CCCCC/C=C\CCCCCCCCC(C)C. The summed E-state index contributed by atoms with van der Waals surface area (Å²) in [5, 5.41) is 0. The van der Waals surface area contributed by atoms with Gasteiger partial charge in [0.1, 0.15) is 0 Å². The van der Waals surface area contributed by atoms with Crippen molar-refractivity contribution in [2.45, 2.75) is 97.3 Å². The van der Waals surface area contributed by atoms with Crippen LogP contribution in [0, 0.1) is 5.92 Å². The van der Waals surface area contributed by atoms with Crippen molar-refractivity contribution < 1.29 is 9.53 Å². The van der Waals surface area contributed by atoms with Gasteiger partial charge in [0, 0.05) is 6.42 Å². The van der Waals surface area contributed by atoms with Gasteiger partial charge in [0.05, 0.1) is 7.11 Å². The zero-order chi connectivity index (χ0) is 16.5. The van der Waals surface area contributed by atoms with Crippen molar-refractivity contribution in [3.8, 4) is 0 Å². The molecule has 0 saturated heterocycles. The van der Waals surface area contributed by atoms with Gasteiger partial charge < -0.3 is 4.74 Å². The van der Waals surface area contributed by atoms with E-state index in [1.165, 1.54) is 64.9 Å². The summed E-state index contributed by atoms with van der Waals surface area (Å²) in [4.78, 5) is 10.9. The van der Waals surface area contributed by atoms with E-state index in [9.17, 15) is 4.79 Å². The number of carbonyl (C=O) groups is 1. The number of hydrogen-bond donors (Lipinski definition) is 0. The lowest BCUT2D eigenvalue weighted by atomic mass is 10.0. The van der Waals surface area contributed by atoms with E-state index in [0.717, 1.165) is 25.2 Å². The molecule has 0 radical (unpaired) electrons. The molecule has 0 aliphatic rings. The van der Waals surface area contributed by atoms with Gasteiger partial charge in [-0.1, -0.05) is 70.9 Å². The minimum Gasteiger partial charge on any atom is -0.469 e. The largest absolute Gasteiger partial charge is 0.469 e.